The van der Waals surface area contributed by atoms with E-state index in [9.17, 15) is 24.5 Å². The maximum atomic E-state index is 13.2. The van der Waals surface area contributed by atoms with E-state index in [2.05, 4.69) is 10.2 Å². The molecular weight excluding hydrogens is 456 g/mol. The molecule has 1 aromatic heterocycles. The van der Waals surface area contributed by atoms with Crippen molar-refractivity contribution in [3.05, 3.63) is 39.2 Å². The van der Waals surface area contributed by atoms with E-state index in [-0.39, 0.29) is 24.7 Å². The van der Waals surface area contributed by atoms with Gasteiger partial charge >= 0.3 is 12.1 Å². The van der Waals surface area contributed by atoms with Gasteiger partial charge in [-0.05, 0) is 13.3 Å². The summed E-state index contributed by atoms with van der Waals surface area (Å²) in [6.45, 7) is 3.00. The van der Waals surface area contributed by atoms with Crippen LogP contribution < -0.4 is 9.47 Å². The van der Waals surface area contributed by atoms with Crippen LogP contribution in [0.4, 0.5) is 10.5 Å². The lowest BCUT2D eigenvalue weighted by Gasteiger charge is -2.09. The van der Waals surface area contributed by atoms with Gasteiger partial charge in [-0.3, -0.25) is 14.9 Å². The van der Waals surface area contributed by atoms with Crippen LogP contribution in [0.5, 0.6) is 11.5 Å². The van der Waals surface area contributed by atoms with E-state index < -0.39 is 52.2 Å². The molecule has 0 spiro atoms. The Morgan fingerprint density at radius 2 is 1.65 bits per heavy atom. The predicted octanol–water partition coefficient (Wildman–Crippen LogP) is 2.52. The van der Waals surface area contributed by atoms with Gasteiger partial charge in [-0.15, -0.1) is 15.0 Å². The summed E-state index contributed by atoms with van der Waals surface area (Å²) < 4.78 is 24.8. The number of carbonyl (C=O) groups excluding carboxylic acids is 3. The fourth-order valence-corrected chi connectivity index (χ4v) is 2.68. The van der Waals surface area contributed by atoms with Crippen LogP contribution in [0.2, 0.25) is 0 Å². The molecule has 0 bridgehead atoms. The van der Waals surface area contributed by atoms with Crippen molar-refractivity contribution in [2.24, 2.45) is 0 Å². The zero-order valence-electron chi connectivity index (χ0n) is 19.1. The van der Waals surface area contributed by atoms with Crippen LogP contribution in [-0.4, -0.2) is 65.3 Å². The second-order valence-corrected chi connectivity index (χ2v) is 6.53. The molecule has 34 heavy (non-hydrogen) atoms. The topological polar surface area (TPSA) is 171 Å². The van der Waals surface area contributed by atoms with Crippen molar-refractivity contribution in [1.29, 1.82) is 0 Å². The molecule has 14 heteroatoms. The number of nitrogens with zero attached hydrogens (tertiary/aromatic N) is 4. The molecule has 2 rings (SSSR count). The predicted molar refractivity (Wildman–Crippen MR) is 113 cm³/mol. The molecule has 0 radical (unpaired) electrons. The van der Waals surface area contributed by atoms with Gasteiger partial charge in [-0.1, -0.05) is 13.3 Å². The maximum absolute atomic E-state index is 13.2. The monoisotopic (exact) mass is 480 g/mol. The Morgan fingerprint density at radius 1 is 1.00 bits per heavy atom. The molecule has 1 aromatic carbocycles. The maximum Gasteiger partial charge on any atom is 0.510 e. The fourth-order valence-electron chi connectivity index (χ4n) is 2.68. The van der Waals surface area contributed by atoms with Crippen LogP contribution in [0.25, 0.3) is 0 Å². The summed E-state index contributed by atoms with van der Waals surface area (Å²) in [4.78, 5) is 48.8. The number of hydrogen-bond acceptors (Lipinski definition) is 12. The number of benzene rings is 1. The van der Waals surface area contributed by atoms with Crippen molar-refractivity contribution >= 4 is 23.6 Å². The van der Waals surface area contributed by atoms with Crippen molar-refractivity contribution in [3.63, 3.8) is 0 Å². The molecule has 1 heterocycles. The summed E-state index contributed by atoms with van der Waals surface area (Å²) in [7, 11) is 2.57. The van der Waals surface area contributed by atoms with E-state index in [1.165, 1.54) is 14.2 Å². The van der Waals surface area contributed by atoms with Gasteiger partial charge < -0.3 is 23.7 Å². The number of hydrogen-bond donors (Lipinski definition) is 0. The minimum Gasteiger partial charge on any atom is -0.493 e. The van der Waals surface area contributed by atoms with Crippen LogP contribution in [0.1, 0.15) is 53.2 Å². The standard InChI is InChI=1S/C20H24N4O10/c1-5-7-8-33-20(27)34-11-23-21-16(17(22-23)19(26)32-6-2)18(25)12-9-14(30-3)15(31-4)10-13(12)24(28)29/h9-10H,5-8,11H2,1-4H3. The number of nitro benzene ring substituents is 1. The van der Waals surface area contributed by atoms with Crippen LogP contribution in [0.15, 0.2) is 12.1 Å². The second kappa shape index (κ2) is 12.1. The van der Waals surface area contributed by atoms with Gasteiger partial charge in [0.1, 0.15) is 5.56 Å². The first-order chi connectivity index (χ1) is 16.3. The lowest BCUT2D eigenvalue weighted by atomic mass is 10.0. The van der Waals surface area contributed by atoms with E-state index in [0.29, 0.717) is 6.42 Å². The Kier molecular flexibility index (Phi) is 9.28. The first-order valence-electron chi connectivity index (χ1n) is 10.1. The third-order valence-electron chi connectivity index (χ3n) is 4.30. The van der Waals surface area contributed by atoms with E-state index >= 15 is 0 Å². The average Bonchev–Trinajstić information content (AvgIpc) is 3.26. The van der Waals surface area contributed by atoms with Crippen LogP contribution >= 0.6 is 0 Å². The quantitative estimate of drug-likeness (QED) is 0.143. The summed E-state index contributed by atoms with van der Waals surface area (Å²) in [5, 5.41) is 19.3. The summed E-state index contributed by atoms with van der Waals surface area (Å²) in [6.07, 6.45) is 0.460. The normalized spacial score (nSPS) is 10.4. The fraction of sp³-hybridized carbons (Fsp3) is 0.450. The molecule has 0 saturated carbocycles. The third-order valence-corrected chi connectivity index (χ3v) is 4.30. The van der Waals surface area contributed by atoms with Gasteiger partial charge in [0.05, 0.1) is 38.4 Å². The number of aromatic nitrogens is 3. The molecule has 0 aliphatic heterocycles. The van der Waals surface area contributed by atoms with Gasteiger partial charge in [0, 0.05) is 6.07 Å². The Balaban J connectivity index is 2.44. The minimum absolute atomic E-state index is 0.0232. The third kappa shape index (κ3) is 6.17. The molecule has 14 nitrogen and oxygen atoms in total. The summed E-state index contributed by atoms with van der Waals surface area (Å²) >= 11 is 0. The number of rotatable bonds is 12. The minimum atomic E-state index is -1.01. The van der Waals surface area contributed by atoms with Crippen LogP contribution in [0.3, 0.4) is 0 Å². The van der Waals surface area contributed by atoms with Crippen molar-refractivity contribution < 1.29 is 43.0 Å². The van der Waals surface area contributed by atoms with E-state index in [4.69, 9.17) is 23.7 Å². The number of nitro groups is 1. The molecule has 0 saturated heterocycles. The smallest absolute Gasteiger partial charge is 0.493 e. The lowest BCUT2D eigenvalue weighted by molar-refractivity contribution is -0.385. The van der Waals surface area contributed by atoms with Gasteiger partial charge in [-0.2, -0.15) is 0 Å². The highest BCUT2D eigenvalue weighted by Gasteiger charge is 2.32. The molecule has 0 aliphatic rings. The molecule has 0 unspecified atom stereocenters. The number of methoxy groups -OCH3 is 2. The molecule has 2 aromatic rings. The summed E-state index contributed by atoms with van der Waals surface area (Å²) in [6, 6.07) is 2.10. The highest BCUT2D eigenvalue weighted by molar-refractivity contribution is 6.14. The number of ketones is 1. The van der Waals surface area contributed by atoms with Crippen molar-refractivity contribution in [2.45, 2.75) is 33.4 Å². The van der Waals surface area contributed by atoms with Gasteiger partial charge in [-0.25, -0.2) is 9.59 Å². The molecule has 184 valence electrons. The van der Waals surface area contributed by atoms with Crippen molar-refractivity contribution in [3.8, 4) is 11.5 Å². The molecule has 0 amide bonds. The van der Waals surface area contributed by atoms with Crippen LogP contribution in [-0.2, 0) is 20.9 Å². The molecule has 0 aliphatic carbocycles. The van der Waals surface area contributed by atoms with E-state index in [0.717, 1.165) is 23.4 Å². The van der Waals surface area contributed by atoms with E-state index in [1.807, 2.05) is 6.92 Å². The van der Waals surface area contributed by atoms with Gasteiger partial charge in [0.25, 0.3) is 5.69 Å². The first-order valence-corrected chi connectivity index (χ1v) is 10.1. The summed E-state index contributed by atoms with van der Waals surface area (Å²) in [5.41, 5.74) is -2.10. The Labute approximate surface area is 193 Å². The zero-order valence-corrected chi connectivity index (χ0v) is 19.1. The second-order valence-electron chi connectivity index (χ2n) is 6.53. The SMILES string of the molecule is CCCCOC(=O)OCn1nc(C(=O)OCC)c(C(=O)c2cc(OC)c(OC)cc2[N+](=O)[O-])n1. The largest absolute Gasteiger partial charge is 0.510 e. The molecule has 0 atom stereocenters. The van der Waals surface area contributed by atoms with E-state index in [1.54, 1.807) is 6.92 Å². The van der Waals surface area contributed by atoms with Gasteiger partial charge in [0.15, 0.2) is 17.2 Å². The highest BCUT2D eigenvalue weighted by Crippen LogP contribution is 2.35. The Morgan fingerprint density at radius 3 is 2.24 bits per heavy atom. The number of unbranched alkanes of at least 4 members (excludes halogenated alkanes) is 1. The number of ether oxygens (including phenoxy) is 5. The van der Waals surface area contributed by atoms with Gasteiger partial charge in [0.2, 0.25) is 18.2 Å². The first kappa shape index (κ1) is 26.0. The number of carbonyl (C=O) groups is 3. The Bertz CT molecular complexity index is 1070. The molecule has 0 fully saturated rings. The average molecular weight is 480 g/mol. The van der Waals surface area contributed by atoms with Crippen LogP contribution in [0, 0.1) is 10.1 Å². The van der Waals surface area contributed by atoms with Crippen molar-refractivity contribution in [1.82, 2.24) is 15.0 Å². The lowest BCUT2D eigenvalue weighted by Crippen LogP contribution is -2.14. The Hall–Kier alpha value is -4.23. The number of esters is 1. The highest BCUT2D eigenvalue weighted by atomic mass is 16.7. The molecule has 0 N–H and O–H groups in total. The zero-order chi connectivity index (χ0) is 25.3. The summed E-state index contributed by atoms with van der Waals surface area (Å²) in [5.74, 6) is -1.94. The van der Waals surface area contributed by atoms with Crippen molar-refractivity contribution in [2.75, 3.05) is 27.4 Å². The molecular formula is C20H24N4O10.